The highest BCUT2D eigenvalue weighted by atomic mass is 32.2. The maximum absolute atomic E-state index is 10.8. The number of hydrogen-bond donors (Lipinski definition) is 2. The minimum absolute atomic E-state index is 0.606. The highest BCUT2D eigenvalue weighted by Gasteiger charge is 2.25. The van der Waals surface area contributed by atoms with Crippen LogP contribution in [-0.2, 0) is 11.3 Å². The van der Waals surface area contributed by atoms with Gasteiger partial charge in [-0.2, -0.15) is 0 Å². The molecule has 0 spiro atoms. The first kappa shape index (κ1) is 10.4. The van der Waals surface area contributed by atoms with Crippen molar-refractivity contribution in [3.05, 3.63) is 0 Å². The quantitative estimate of drug-likeness (QED) is 0.619. The number of hydrazine groups is 1. The summed E-state index contributed by atoms with van der Waals surface area (Å²) >= 11 is -2.35. The molecular weight excluding hydrogens is 194 g/mol. The molecule has 1 fully saturated rings. The smallest absolute Gasteiger partial charge is 0.343 e. The van der Waals surface area contributed by atoms with Gasteiger partial charge in [0.2, 0.25) is 0 Å². The summed E-state index contributed by atoms with van der Waals surface area (Å²) in [7, 11) is 0. The largest absolute Gasteiger partial charge is 0.349 e. The van der Waals surface area contributed by atoms with Crippen molar-refractivity contribution in [3.8, 4) is 0 Å². The van der Waals surface area contributed by atoms with Crippen LogP contribution in [0.25, 0.3) is 0 Å². The molecule has 1 aliphatic rings. The van der Waals surface area contributed by atoms with Crippen LogP contribution in [0.15, 0.2) is 0 Å². The molecule has 0 bridgehead atoms. The number of urea groups is 1. The van der Waals surface area contributed by atoms with E-state index < -0.39 is 17.3 Å². The zero-order valence-corrected chi connectivity index (χ0v) is 8.00. The maximum atomic E-state index is 10.8. The lowest BCUT2D eigenvalue weighted by atomic mass is 10.2. The monoisotopic (exact) mass is 207 g/mol. The lowest BCUT2D eigenvalue weighted by molar-refractivity contribution is 0.0679. The van der Waals surface area contributed by atoms with Crippen molar-refractivity contribution in [2.24, 2.45) is 5.73 Å². The fraction of sp³-hybridized carbons (Fsp3) is 0.833. The molecule has 3 N–H and O–H groups in total. The van der Waals surface area contributed by atoms with Crippen LogP contribution >= 0.6 is 0 Å². The van der Waals surface area contributed by atoms with Gasteiger partial charge in [-0.15, -0.1) is 4.41 Å². The van der Waals surface area contributed by atoms with Gasteiger partial charge in [0.25, 0.3) is 11.3 Å². The van der Waals surface area contributed by atoms with Gasteiger partial charge in [-0.1, -0.05) is 6.42 Å². The topological polar surface area (TPSA) is 86.9 Å². The van der Waals surface area contributed by atoms with Crippen molar-refractivity contribution in [1.29, 1.82) is 0 Å². The number of primary amides is 1. The van der Waals surface area contributed by atoms with Crippen molar-refractivity contribution >= 4 is 17.3 Å². The summed E-state index contributed by atoms with van der Waals surface area (Å²) in [5, 5.41) is 1.52. The zero-order valence-electron chi connectivity index (χ0n) is 7.18. The fourth-order valence-electron chi connectivity index (χ4n) is 1.37. The summed E-state index contributed by atoms with van der Waals surface area (Å²) in [4.78, 5) is 10.8. The second-order valence-electron chi connectivity index (χ2n) is 2.86. The first-order chi connectivity index (χ1) is 6.13. The third kappa shape index (κ3) is 2.64. The van der Waals surface area contributed by atoms with Crippen molar-refractivity contribution in [1.82, 2.24) is 9.42 Å². The van der Waals surface area contributed by atoms with Gasteiger partial charge < -0.3 is 5.73 Å². The minimum atomic E-state index is -2.35. The number of carbonyl (C=O) groups is 1. The predicted octanol–water partition coefficient (Wildman–Crippen LogP) is -0.0953. The number of carbonyl (C=O) groups excluding carboxylic acids is 1. The minimum Gasteiger partial charge on any atom is -0.349 e. The second kappa shape index (κ2) is 4.54. The average molecular weight is 207 g/mol. The molecule has 0 aromatic heterocycles. The Morgan fingerprint density at radius 3 is 2.31 bits per heavy atom. The van der Waals surface area contributed by atoms with E-state index in [0.717, 1.165) is 19.3 Å². The molecule has 7 heteroatoms. The third-order valence-corrected chi connectivity index (χ3v) is 2.63. The first-order valence-corrected chi connectivity index (χ1v) is 5.14. The Bertz CT molecular complexity index is 203. The van der Waals surface area contributed by atoms with E-state index in [1.807, 2.05) is 0 Å². The standard InChI is InChI=1S/C6H13N3O3S/c7-6(10)9(13(11)12)8-4-2-1-3-5-8/h1-5H2,(H2,7,10)(H,11,12). The summed E-state index contributed by atoms with van der Waals surface area (Å²) < 4.78 is 20.2. The lowest BCUT2D eigenvalue weighted by Crippen LogP contribution is -2.51. The van der Waals surface area contributed by atoms with E-state index in [4.69, 9.17) is 10.3 Å². The molecule has 0 aromatic carbocycles. The normalized spacial score (nSPS) is 21.0. The van der Waals surface area contributed by atoms with E-state index in [1.165, 1.54) is 5.01 Å². The van der Waals surface area contributed by atoms with Crippen molar-refractivity contribution in [3.63, 3.8) is 0 Å². The van der Waals surface area contributed by atoms with Crippen LogP contribution in [0, 0.1) is 0 Å². The molecule has 1 aliphatic heterocycles. The molecule has 2 amide bonds. The summed E-state index contributed by atoms with van der Waals surface area (Å²) in [6.45, 7) is 1.21. The van der Waals surface area contributed by atoms with Crippen molar-refractivity contribution in [2.45, 2.75) is 19.3 Å². The summed E-state index contributed by atoms with van der Waals surface area (Å²) in [5.41, 5.74) is 4.96. The molecule has 0 radical (unpaired) electrons. The molecular formula is C6H13N3O3S. The number of rotatable bonds is 2. The van der Waals surface area contributed by atoms with E-state index >= 15 is 0 Å². The van der Waals surface area contributed by atoms with Crippen LogP contribution in [0.2, 0.25) is 0 Å². The van der Waals surface area contributed by atoms with Gasteiger partial charge in [0, 0.05) is 13.1 Å². The predicted molar refractivity (Wildman–Crippen MR) is 47.6 cm³/mol. The van der Waals surface area contributed by atoms with E-state index in [9.17, 15) is 9.00 Å². The highest BCUT2D eigenvalue weighted by molar-refractivity contribution is 7.77. The fourth-order valence-corrected chi connectivity index (χ4v) is 1.89. The van der Waals surface area contributed by atoms with E-state index in [0.29, 0.717) is 17.5 Å². The Morgan fingerprint density at radius 2 is 1.92 bits per heavy atom. The molecule has 6 nitrogen and oxygen atoms in total. The van der Waals surface area contributed by atoms with Crippen LogP contribution in [0.5, 0.6) is 0 Å². The van der Waals surface area contributed by atoms with Gasteiger partial charge >= 0.3 is 6.03 Å². The molecule has 1 atom stereocenters. The van der Waals surface area contributed by atoms with Crippen molar-refractivity contribution < 1.29 is 13.6 Å². The Morgan fingerprint density at radius 1 is 1.38 bits per heavy atom. The molecule has 1 rings (SSSR count). The Kier molecular flexibility index (Phi) is 3.64. The SMILES string of the molecule is NC(=O)N(N1CCCCC1)S(=O)O. The van der Waals surface area contributed by atoms with Gasteiger partial charge in [0.1, 0.15) is 0 Å². The van der Waals surface area contributed by atoms with Crippen LogP contribution in [0.4, 0.5) is 4.79 Å². The van der Waals surface area contributed by atoms with Crippen LogP contribution < -0.4 is 5.73 Å². The Balaban J connectivity index is 2.62. The Hall–Kier alpha value is -0.660. The second-order valence-corrected chi connectivity index (χ2v) is 3.66. The number of hydrogen-bond acceptors (Lipinski definition) is 3. The average Bonchev–Trinajstić information content (AvgIpc) is 2.04. The summed E-state index contributed by atoms with van der Waals surface area (Å²) in [6.07, 6.45) is 2.92. The van der Waals surface area contributed by atoms with Gasteiger partial charge in [0.15, 0.2) is 0 Å². The van der Waals surface area contributed by atoms with E-state index in [-0.39, 0.29) is 0 Å². The number of nitrogens with two attached hydrogens (primary N) is 1. The molecule has 0 aromatic rings. The van der Waals surface area contributed by atoms with Gasteiger partial charge in [-0.3, -0.25) is 4.55 Å². The molecule has 0 saturated carbocycles. The van der Waals surface area contributed by atoms with Crippen LogP contribution in [0.1, 0.15) is 19.3 Å². The summed E-state index contributed by atoms with van der Waals surface area (Å²) in [6, 6.07) is -0.886. The lowest BCUT2D eigenvalue weighted by Gasteiger charge is -2.32. The first-order valence-electron chi connectivity index (χ1n) is 4.08. The van der Waals surface area contributed by atoms with Gasteiger partial charge in [0.05, 0.1) is 0 Å². The van der Waals surface area contributed by atoms with Crippen LogP contribution in [-0.4, -0.2) is 37.3 Å². The number of amides is 2. The third-order valence-electron chi connectivity index (χ3n) is 1.93. The number of piperidine rings is 1. The molecule has 0 aliphatic carbocycles. The van der Waals surface area contributed by atoms with Gasteiger partial charge in [-0.25, -0.2) is 14.0 Å². The molecule has 1 heterocycles. The summed E-state index contributed by atoms with van der Waals surface area (Å²) in [5.74, 6) is 0. The van der Waals surface area contributed by atoms with Crippen molar-refractivity contribution in [2.75, 3.05) is 13.1 Å². The molecule has 1 saturated heterocycles. The van der Waals surface area contributed by atoms with Crippen LogP contribution in [0.3, 0.4) is 0 Å². The highest BCUT2D eigenvalue weighted by Crippen LogP contribution is 2.12. The molecule has 1 unspecified atom stereocenters. The van der Waals surface area contributed by atoms with Gasteiger partial charge in [-0.05, 0) is 12.8 Å². The maximum Gasteiger partial charge on any atom is 0.343 e. The van der Waals surface area contributed by atoms with E-state index in [1.54, 1.807) is 0 Å². The zero-order chi connectivity index (χ0) is 9.84. The Labute approximate surface area is 79.1 Å². The molecule has 13 heavy (non-hydrogen) atoms. The van der Waals surface area contributed by atoms with E-state index in [2.05, 4.69) is 0 Å². The molecule has 76 valence electrons. The number of nitrogens with zero attached hydrogens (tertiary/aromatic N) is 2.